The Hall–Kier alpha value is -1.55. The number of nitrogens with zero attached hydrogens (tertiary/aromatic N) is 2. The van der Waals surface area contributed by atoms with Gasteiger partial charge in [0.25, 0.3) is 5.69 Å². The third-order valence-electron chi connectivity index (χ3n) is 2.97. The van der Waals surface area contributed by atoms with E-state index in [1.807, 2.05) is 0 Å². The van der Waals surface area contributed by atoms with Crippen molar-refractivity contribution in [2.75, 3.05) is 26.3 Å². The number of aliphatic hydroxyl groups is 1. The Kier molecular flexibility index (Phi) is 4.33. The Morgan fingerprint density at radius 3 is 2.90 bits per heavy atom. The lowest BCUT2D eigenvalue weighted by molar-refractivity contribution is -0.385. The first kappa shape index (κ1) is 14.9. The van der Waals surface area contributed by atoms with Crippen LogP contribution < -0.4 is 0 Å². The smallest absolute Gasteiger partial charge is 0.270 e. The zero-order valence-electron chi connectivity index (χ0n) is 10.5. The molecule has 0 spiro atoms. The standard InChI is InChI=1S/C11H14N2O6S/c14-8-10-7-12(4-5-19-10)20(17,18)11-3-1-2-9(6-11)13(15)16/h1-3,6,10,14H,4-5,7-8H2. The summed E-state index contributed by atoms with van der Waals surface area (Å²) in [5.74, 6) is 0. The van der Waals surface area contributed by atoms with E-state index in [1.54, 1.807) is 0 Å². The van der Waals surface area contributed by atoms with Crippen molar-refractivity contribution in [3.05, 3.63) is 34.4 Å². The highest BCUT2D eigenvalue weighted by molar-refractivity contribution is 7.89. The average Bonchev–Trinajstić information content (AvgIpc) is 2.47. The molecule has 20 heavy (non-hydrogen) atoms. The molecule has 8 nitrogen and oxygen atoms in total. The van der Waals surface area contributed by atoms with Crippen LogP contribution in [0, 0.1) is 10.1 Å². The fraction of sp³-hybridized carbons (Fsp3) is 0.455. The van der Waals surface area contributed by atoms with E-state index in [1.165, 1.54) is 18.2 Å². The number of rotatable bonds is 4. The summed E-state index contributed by atoms with van der Waals surface area (Å²) in [6.45, 7) is 0.0867. The molecule has 1 aliphatic heterocycles. The summed E-state index contributed by atoms with van der Waals surface area (Å²) >= 11 is 0. The number of benzene rings is 1. The Labute approximate surface area is 115 Å². The molecule has 0 aromatic heterocycles. The zero-order valence-corrected chi connectivity index (χ0v) is 11.3. The van der Waals surface area contributed by atoms with E-state index in [0.717, 1.165) is 10.4 Å². The van der Waals surface area contributed by atoms with Gasteiger partial charge in [-0.05, 0) is 6.07 Å². The van der Waals surface area contributed by atoms with Crippen molar-refractivity contribution in [1.82, 2.24) is 4.31 Å². The zero-order chi connectivity index (χ0) is 14.8. The number of aliphatic hydroxyl groups excluding tert-OH is 1. The molecule has 0 saturated carbocycles. The molecule has 1 aliphatic rings. The largest absolute Gasteiger partial charge is 0.394 e. The van der Waals surface area contributed by atoms with Crippen molar-refractivity contribution in [2.45, 2.75) is 11.0 Å². The highest BCUT2D eigenvalue weighted by Crippen LogP contribution is 2.22. The molecule has 1 saturated heterocycles. The van der Waals surface area contributed by atoms with Crippen LogP contribution in [-0.2, 0) is 14.8 Å². The molecule has 1 N–H and O–H groups in total. The number of hydrogen-bond acceptors (Lipinski definition) is 6. The van der Waals surface area contributed by atoms with Gasteiger partial charge in [0.15, 0.2) is 0 Å². The van der Waals surface area contributed by atoms with Gasteiger partial charge in [-0.25, -0.2) is 8.42 Å². The third-order valence-corrected chi connectivity index (χ3v) is 4.83. The maximum Gasteiger partial charge on any atom is 0.270 e. The highest BCUT2D eigenvalue weighted by Gasteiger charge is 2.31. The van der Waals surface area contributed by atoms with Crippen LogP contribution in [0.15, 0.2) is 29.2 Å². The van der Waals surface area contributed by atoms with Gasteiger partial charge in [-0.3, -0.25) is 10.1 Å². The van der Waals surface area contributed by atoms with Crippen LogP contribution in [0.4, 0.5) is 5.69 Å². The van der Waals surface area contributed by atoms with Gasteiger partial charge in [0, 0.05) is 25.2 Å². The van der Waals surface area contributed by atoms with Crippen molar-refractivity contribution < 1.29 is 23.2 Å². The van der Waals surface area contributed by atoms with Crippen LogP contribution in [-0.4, -0.2) is 55.2 Å². The number of ether oxygens (including phenoxy) is 1. The average molecular weight is 302 g/mol. The summed E-state index contributed by atoms with van der Waals surface area (Å²) < 4.78 is 31.1. The first-order valence-corrected chi connectivity index (χ1v) is 7.36. The highest BCUT2D eigenvalue weighted by atomic mass is 32.2. The molecular weight excluding hydrogens is 288 g/mol. The molecule has 110 valence electrons. The van der Waals surface area contributed by atoms with Crippen molar-refractivity contribution in [3.8, 4) is 0 Å². The molecule has 2 rings (SSSR count). The predicted octanol–water partition coefficient (Wildman–Crippen LogP) is -0.0234. The van der Waals surface area contributed by atoms with Gasteiger partial charge in [0.1, 0.15) is 0 Å². The monoisotopic (exact) mass is 302 g/mol. The summed E-state index contributed by atoms with van der Waals surface area (Å²) in [6, 6.07) is 4.90. The molecule has 1 unspecified atom stereocenters. The minimum absolute atomic E-state index is 0.0293. The summed E-state index contributed by atoms with van der Waals surface area (Å²) in [5.41, 5.74) is -0.280. The molecule has 0 amide bonds. The second kappa shape index (κ2) is 5.83. The fourth-order valence-electron chi connectivity index (χ4n) is 1.93. The van der Waals surface area contributed by atoms with E-state index >= 15 is 0 Å². The van der Waals surface area contributed by atoms with Crippen molar-refractivity contribution >= 4 is 15.7 Å². The first-order valence-electron chi connectivity index (χ1n) is 5.92. The summed E-state index contributed by atoms with van der Waals surface area (Å²) in [5, 5.41) is 19.7. The number of sulfonamides is 1. The molecule has 9 heteroatoms. The minimum atomic E-state index is -3.82. The van der Waals surface area contributed by atoms with Gasteiger partial charge < -0.3 is 9.84 Å². The van der Waals surface area contributed by atoms with Crippen molar-refractivity contribution in [2.24, 2.45) is 0 Å². The molecule has 0 aliphatic carbocycles. The number of hydrogen-bond donors (Lipinski definition) is 1. The van der Waals surface area contributed by atoms with Crippen LogP contribution in [0.5, 0.6) is 0 Å². The third kappa shape index (κ3) is 2.96. The molecule has 1 aromatic rings. The number of non-ortho nitro benzene ring substituents is 1. The van der Waals surface area contributed by atoms with E-state index < -0.39 is 21.1 Å². The van der Waals surface area contributed by atoms with E-state index in [4.69, 9.17) is 9.84 Å². The Morgan fingerprint density at radius 2 is 2.25 bits per heavy atom. The first-order chi connectivity index (χ1) is 9.45. The number of morpholine rings is 1. The molecule has 0 bridgehead atoms. The van der Waals surface area contributed by atoms with E-state index in [2.05, 4.69) is 0 Å². The number of nitro benzene ring substituents is 1. The second-order valence-corrected chi connectivity index (χ2v) is 6.23. The SMILES string of the molecule is O=[N+]([O-])c1cccc(S(=O)(=O)N2CCOC(CO)C2)c1. The minimum Gasteiger partial charge on any atom is -0.394 e. The Bertz CT molecular complexity index is 603. The maximum atomic E-state index is 12.4. The van der Waals surface area contributed by atoms with Crippen LogP contribution in [0.1, 0.15) is 0 Å². The lowest BCUT2D eigenvalue weighted by atomic mass is 10.3. The Morgan fingerprint density at radius 1 is 1.50 bits per heavy atom. The van der Waals surface area contributed by atoms with Gasteiger partial charge in [0.2, 0.25) is 10.0 Å². The van der Waals surface area contributed by atoms with Gasteiger partial charge >= 0.3 is 0 Å². The molecule has 1 atom stereocenters. The fourth-order valence-corrected chi connectivity index (χ4v) is 3.42. The molecule has 1 heterocycles. The van der Waals surface area contributed by atoms with Gasteiger partial charge in [-0.15, -0.1) is 0 Å². The Balaban J connectivity index is 2.30. The van der Waals surface area contributed by atoms with Crippen LogP contribution in [0.3, 0.4) is 0 Å². The number of nitro groups is 1. The second-order valence-electron chi connectivity index (χ2n) is 4.29. The molecular formula is C11H14N2O6S. The lowest BCUT2D eigenvalue weighted by Crippen LogP contribution is -2.46. The lowest BCUT2D eigenvalue weighted by Gasteiger charge is -2.31. The summed E-state index contributed by atoms with van der Waals surface area (Å²) in [7, 11) is -3.82. The van der Waals surface area contributed by atoms with Crippen LogP contribution in [0.2, 0.25) is 0 Å². The summed E-state index contributed by atoms with van der Waals surface area (Å²) in [6.07, 6.45) is -0.572. The van der Waals surface area contributed by atoms with Crippen LogP contribution in [0.25, 0.3) is 0 Å². The molecule has 1 fully saturated rings. The van der Waals surface area contributed by atoms with Crippen LogP contribution >= 0.6 is 0 Å². The quantitative estimate of drug-likeness (QED) is 0.618. The van der Waals surface area contributed by atoms with E-state index in [0.29, 0.717) is 0 Å². The van der Waals surface area contributed by atoms with Crippen molar-refractivity contribution in [1.29, 1.82) is 0 Å². The van der Waals surface area contributed by atoms with Crippen molar-refractivity contribution in [3.63, 3.8) is 0 Å². The van der Waals surface area contributed by atoms with Gasteiger partial charge in [0.05, 0.1) is 29.1 Å². The van der Waals surface area contributed by atoms with Gasteiger partial charge in [-0.1, -0.05) is 6.07 Å². The van der Waals surface area contributed by atoms with E-state index in [-0.39, 0.29) is 36.9 Å². The summed E-state index contributed by atoms with van der Waals surface area (Å²) in [4.78, 5) is 9.92. The maximum absolute atomic E-state index is 12.4. The van der Waals surface area contributed by atoms with Gasteiger partial charge in [-0.2, -0.15) is 4.31 Å². The van der Waals surface area contributed by atoms with E-state index in [9.17, 15) is 18.5 Å². The topological polar surface area (TPSA) is 110 Å². The predicted molar refractivity (Wildman–Crippen MR) is 68.7 cm³/mol. The molecule has 0 radical (unpaired) electrons. The normalized spacial score (nSPS) is 20.8. The molecule has 1 aromatic carbocycles.